The fraction of sp³-hybridized carbons (Fsp3) is 0.312. The molecule has 1 amide bonds. The molecule has 2 aromatic rings. The normalized spacial score (nSPS) is 19.9. The summed E-state index contributed by atoms with van der Waals surface area (Å²) in [6.45, 7) is 2.38. The third-order valence-corrected chi connectivity index (χ3v) is 4.55. The molecule has 23 heavy (non-hydrogen) atoms. The molecule has 2 heterocycles. The van der Waals surface area contributed by atoms with Crippen molar-refractivity contribution in [1.82, 2.24) is 10.3 Å². The first kappa shape index (κ1) is 15.5. The molecule has 0 saturated heterocycles. The molecule has 1 saturated carbocycles. The average Bonchev–Trinajstić information content (AvgIpc) is 2.98. The van der Waals surface area contributed by atoms with Crippen LogP contribution in [0.25, 0.3) is 6.08 Å². The third-order valence-electron chi connectivity index (χ3n) is 3.71. The van der Waals surface area contributed by atoms with Gasteiger partial charge in [0.15, 0.2) is 5.69 Å². The summed E-state index contributed by atoms with van der Waals surface area (Å²) >= 11 is 1.20. The Labute approximate surface area is 136 Å². The van der Waals surface area contributed by atoms with Crippen LogP contribution in [0.5, 0.6) is 0 Å². The van der Waals surface area contributed by atoms with Gasteiger partial charge in [-0.15, -0.1) is 11.3 Å². The molecule has 2 N–H and O–H groups in total. The van der Waals surface area contributed by atoms with E-state index in [2.05, 4.69) is 17.2 Å². The van der Waals surface area contributed by atoms with Crippen LogP contribution in [0.2, 0.25) is 0 Å². The van der Waals surface area contributed by atoms with Gasteiger partial charge in [-0.25, -0.2) is 9.78 Å². The molecular formula is C16H16N2O4S. The quantitative estimate of drug-likeness (QED) is 0.794. The number of hydrogen-bond acceptors (Lipinski definition) is 5. The molecule has 0 radical (unpaired) electrons. The summed E-state index contributed by atoms with van der Waals surface area (Å²) in [6.07, 6.45) is 4.17. The molecule has 2 atom stereocenters. The van der Waals surface area contributed by atoms with Crippen molar-refractivity contribution in [2.24, 2.45) is 5.92 Å². The molecule has 0 bridgehead atoms. The first-order valence-electron chi connectivity index (χ1n) is 7.26. The lowest BCUT2D eigenvalue weighted by Gasteiger charge is -1.97. The number of nitrogens with zero attached hydrogens (tertiary/aromatic N) is 1. The molecule has 0 spiro atoms. The summed E-state index contributed by atoms with van der Waals surface area (Å²) in [6, 6.07) is 3.80. The number of aromatic nitrogens is 1. The van der Waals surface area contributed by atoms with Crippen LogP contribution in [0.1, 0.15) is 46.3 Å². The first-order valence-corrected chi connectivity index (χ1v) is 8.14. The van der Waals surface area contributed by atoms with E-state index in [1.807, 2.05) is 12.1 Å². The zero-order chi connectivity index (χ0) is 16.4. The van der Waals surface area contributed by atoms with Gasteiger partial charge in [-0.3, -0.25) is 4.79 Å². The van der Waals surface area contributed by atoms with E-state index in [-0.39, 0.29) is 18.1 Å². The lowest BCUT2D eigenvalue weighted by atomic mass is 10.3. The number of carboxylic acids is 1. The molecule has 3 rings (SSSR count). The Morgan fingerprint density at radius 2 is 2.30 bits per heavy atom. The highest BCUT2D eigenvalue weighted by Gasteiger charge is 2.36. The van der Waals surface area contributed by atoms with E-state index in [1.165, 1.54) is 22.8 Å². The van der Waals surface area contributed by atoms with Crippen LogP contribution in [-0.4, -0.2) is 22.0 Å². The predicted molar refractivity (Wildman–Crippen MR) is 85.2 cm³/mol. The van der Waals surface area contributed by atoms with Crippen molar-refractivity contribution < 1.29 is 19.1 Å². The SMILES string of the molecule is CC1CC1c1ccc(/C=C/C(=O)NCc2nc(C(=O)O)cs2)o1. The number of carboxylic acid groups (broad SMARTS) is 1. The molecule has 1 fully saturated rings. The predicted octanol–water partition coefficient (Wildman–Crippen LogP) is 2.89. The lowest BCUT2D eigenvalue weighted by molar-refractivity contribution is -0.116. The Morgan fingerprint density at radius 1 is 1.52 bits per heavy atom. The summed E-state index contributed by atoms with van der Waals surface area (Å²) in [5.74, 6) is 1.46. The van der Waals surface area contributed by atoms with E-state index >= 15 is 0 Å². The van der Waals surface area contributed by atoms with Gasteiger partial charge in [0.25, 0.3) is 0 Å². The number of aromatic carboxylic acids is 1. The molecule has 2 aromatic heterocycles. The van der Waals surface area contributed by atoms with Gasteiger partial charge < -0.3 is 14.8 Å². The summed E-state index contributed by atoms with van der Waals surface area (Å²) in [7, 11) is 0. The number of amides is 1. The Balaban J connectivity index is 1.50. The lowest BCUT2D eigenvalue weighted by Crippen LogP contribution is -2.20. The number of carbonyl (C=O) groups excluding carboxylic acids is 1. The Morgan fingerprint density at radius 3 is 2.96 bits per heavy atom. The van der Waals surface area contributed by atoms with Crippen LogP contribution in [-0.2, 0) is 11.3 Å². The smallest absolute Gasteiger partial charge is 0.355 e. The summed E-state index contributed by atoms with van der Waals surface area (Å²) in [5, 5.41) is 13.4. The summed E-state index contributed by atoms with van der Waals surface area (Å²) in [5.41, 5.74) is -0.00721. The van der Waals surface area contributed by atoms with E-state index in [4.69, 9.17) is 9.52 Å². The maximum Gasteiger partial charge on any atom is 0.355 e. The van der Waals surface area contributed by atoms with Crippen LogP contribution >= 0.6 is 11.3 Å². The molecule has 7 heteroatoms. The van der Waals surface area contributed by atoms with Gasteiger partial charge in [-0.2, -0.15) is 0 Å². The highest BCUT2D eigenvalue weighted by atomic mass is 32.1. The van der Waals surface area contributed by atoms with Gasteiger partial charge in [0.2, 0.25) is 5.91 Å². The van der Waals surface area contributed by atoms with Crippen molar-refractivity contribution in [3.8, 4) is 0 Å². The zero-order valence-corrected chi connectivity index (χ0v) is 13.3. The van der Waals surface area contributed by atoms with Gasteiger partial charge in [0.05, 0.1) is 6.54 Å². The highest BCUT2D eigenvalue weighted by molar-refractivity contribution is 7.09. The largest absolute Gasteiger partial charge is 0.476 e. The number of hydrogen-bond donors (Lipinski definition) is 2. The third kappa shape index (κ3) is 3.87. The topological polar surface area (TPSA) is 92.4 Å². The number of nitrogens with one attached hydrogen (secondary N) is 1. The van der Waals surface area contributed by atoms with Gasteiger partial charge >= 0.3 is 5.97 Å². The second kappa shape index (κ2) is 6.37. The van der Waals surface area contributed by atoms with Crippen molar-refractivity contribution >= 4 is 29.3 Å². The van der Waals surface area contributed by atoms with Gasteiger partial charge in [-0.1, -0.05) is 6.92 Å². The van der Waals surface area contributed by atoms with Crippen molar-refractivity contribution in [1.29, 1.82) is 0 Å². The van der Waals surface area contributed by atoms with E-state index in [1.54, 1.807) is 6.08 Å². The molecule has 0 aromatic carbocycles. The molecule has 0 aliphatic heterocycles. The van der Waals surface area contributed by atoms with Gasteiger partial charge in [-0.05, 0) is 30.5 Å². The molecule has 1 aliphatic rings. The maximum absolute atomic E-state index is 11.8. The summed E-state index contributed by atoms with van der Waals surface area (Å²) in [4.78, 5) is 26.4. The zero-order valence-electron chi connectivity index (χ0n) is 12.5. The first-order chi connectivity index (χ1) is 11.0. The van der Waals surface area contributed by atoms with Gasteiger partial charge in [0.1, 0.15) is 16.5 Å². The second-order valence-electron chi connectivity index (χ2n) is 5.54. The molecule has 1 aliphatic carbocycles. The minimum Gasteiger partial charge on any atom is -0.476 e. The Bertz CT molecular complexity index is 762. The summed E-state index contributed by atoms with van der Waals surface area (Å²) < 4.78 is 5.68. The average molecular weight is 332 g/mol. The van der Waals surface area contributed by atoms with Crippen LogP contribution in [0, 0.1) is 5.92 Å². The van der Waals surface area contributed by atoms with E-state index in [0.29, 0.717) is 22.6 Å². The fourth-order valence-corrected chi connectivity index (χ4v) is 2.95. The van der Waals surface area contributed by atoms with Crippen molar-refractivity contribution in [2.45, 2.75) is 25.8 Å². The molecule has 120 valence electrons. The van der Waals surface area contributed by atoms with Crippen LogP contribution in [0.4, 0.5) is 0 Å². The van der Waals surface area contributed by atoms with Crippen molar-refractivity contribution in [2.75, 3.05) is 0 Å². The minimum atomic E-state index is -1.07. The van der Waals surface area contributed by atoms with Crippen LogP contribution < -0.4 is 5.32 Å². The molecular weight excluding hydrogens is 316 g/mol. The Kier molecular flexibility index (Phi) is 4.29. The number of thiazole rings is 1. The minimum absolute atomic E-state index is 0.00721. The monoisotopic (exact) mass is 332 g/mol. The van der Waals surface area contributed by atoms with Crippen molar-refractivity contribution in [3.63, 3.8) is 0 Å². The standard InChI is InChI=1S/C16H16N2O4S/c1-9-6-11(9)13-4-2-10(22-13)3-5-14(19)17-7-15-18-12(8-23-15)16(20)21/h2-5,8-9,11H,6-7H2,1H3,(H,17,19)(H,20,21)/b5-3+. The van der Waals surface area contributed by atoms with E-state index < -0.39 is 5.97 Å². The van der Waals surface area contributed by atoms with Crippen LogP contribution in [0.15, 0.2) is 28.0 Å². The maximum atomic E-state index is 11.8. The Hall–Kier alpha value is -2.41. The fourth-order valence-electron chi connectivity index (χ4n) is 2.25. The number of rotatable bonds is 6. The van der Waals surface area contributed by atoms with Crippen LogP contribution in [0.3, 0.4) is 0 Å². The molecule has 6 nitrogen and oxygen atoms in total. The number of furan rings is 1. The van der Waals surface area contributed by atoms with Gasteiger partial charge in [0, 0.05) is 17.4 Å². The number of carbonyl (C=O) groups is 2. The second-order valence-corrected chi connectivity index (χ2v) is 6.49. The van der Waals surface area contributed by atoms with E-state index in [0.717, 1.165) is 12.2 Å². The van der Waals surface area contributed by atoms with E-state index in [9.17, 15) is 9.59 Å². The highest BCUT2D eigenvalue weighted by Crippen LogP contribution is 2.47. The van der Waals surface area contributed by atoms with Crippen molar-refractivity contribution in [3.05, 3.63) is 45.8 Å². The molecule has 2 unspecified atom stereocenters.